The van der Waals surface area contributed by atoms with Gasteiger partial charge in [-0.1, -0.05) is 40.7 Å². The van der Waals surface area contributed by atoms with Gasteiger partial charge in [-0.05, 0) is 18.2 Å². The molecule has 0 amide bonds. The highest BCUT2D eigenvalue weighted by atomic mass is 35.5. The van der Waals surface area contributed by atoms with Crippen molar-refractivity contribution in [3.8, 4) is 5.75 Å². The van der Waals surface area contributed by atoms with Gasteiger partial charge in [0.15, 0.2) is 12.4 Å². The van der Waals surface area contributed by atoms with E-state index in [0.29, 0.717) is 17.1 Å². The molecule has 6 nitrogen and oxygen atoms in total. The van der Waals surface area contributed by atoms with Crippen molar-refractivity contribution in [2.24, 2.45) is 11.0 Å². The summed E-state index contributed by atoms with van der Waals surface area (Å²) in [5.41, 5.74) is 3.01. The number of carboxylic acid groups (broad SMARTS) is 1. The Balaban J connectivity index is 1.80. The minimum absolute atomic E-state index is 0.173. The van der Waals surface area contributed by atoms with Crippen LogP contribution >= 0.6 is 11.6 Å². The molecule has 1 unspecified atom stereocenters. The summed E-state index contributed by atoms with van der Waals surface area (Å²) in [6.07, 6.45) is 1.59. The van der Waals surface area contributed by atoms with Gasteiger partial charge in [-0.3, -0.25) is 9.80 Å². The maximum absolute atomic E-state index is 13.0. The fourth-order valence-electron chi connectivity index (χ4n) is 2.88. The van der Waals surface area contributed by atoms with Crippen molar-refractivity contribution in [3.63, 3.8) is 0 Å². The molecule has 0 aromatic heterocycles. The molecule has 1 aliphatic rings. The lowest BCUT2D eigenvalue weighted by Crippen LogP contribution is -2.26. The third-order valence-electron chi connectivity index (χ3n) is 4.23. The lowest BCUT2D eigenvalue weighted by atomic mass is 9.90. The SMILES string of the molecule is Bc1ccc(N2CC(C(=O)c3cc(B)ccc3OCC(=O)O)C=N2)c(Cl)c1. The maximum Gasteiger partial charge on any atom is 0.341 e. The van der Waals surface area contributed by atoms with Crippen molar-refractivity contribution in [3.05, 3.63) is 47.0 Å². The van der Waals surface area contributed by atoms with E-state index < -0.39 is 18.5 Å². The second kappa shape index (κ2) is 7.88. The van der Waals surface area contributed by atoms with Crippen LogP contribution < -0.4 is 20.7 Å². The van der Waals surface area contributed by atoms with Gasteiger partial charge in [0, 0.05) is 6.21 Å². The highest BCUT2D eigenvalue weighted by Crippen LogP contribution is 2.29. The number of nitrogens with zero attached hydrogens (tertiary/aromatic N) is 2. The summed E-state index contributed by atoms with van der Waals surface area (Å²) in [6, 6.07) is 10.7. The number of ketones is 1. The van der Waals surface area contributed by atoms with E-state index in [9.17, 15) is 9.59 Å². The first kappa shape index (κ1) is 19.0. The molecular formula is C18H17B2ClN2O4. The Bertz CT molecular complexity index is 936. The first-order valence-electron chi connectivity index (χ1n) is 8.42. The summed E-state index contributed by atoms with van der Waals surface area (Å²) in [7, 11) is 3.81. The van der Waals surface area contributed by atoms with Crippen molar-refractivity contribution in [2.45, 2.75) is 0 Å². The third kappa shape index (κ3) is 4.34. The summed E-state index contributed by atoms with van der Waals surface area (Å²) in [5.74, 6) is -1.49. The van der Waals surface area contributed by atoms with Crippen LogP contribution in [0, 0.1) is 5.92 Å². The molecule has 0 saturated carbocycles. The summed E-state index contributed by atoms with van der Waals surface area (Å²) in [4.78, 5) is 23.8. The van der Waals surface area contributed by atoms with E-state index in [1.54, 1.807) is 29.4 Å². The normalized spacial score (nSPS) is 15.7. The van der Waals surface area contributed by atoms with Gasteiger partial charge in [-0.25, -0.2) is 4.79 Å². The molecule has 9 heteroatoms. The highest BCUT2D eigenvalue weighted by Gasteiger charge is 2.29. The summed E-state index contributed by atoms with van der Waals surface area (Å²) in [6.45, 7) is -0.152. The van der Waals surface area contributed by atoms with Crippen molar-refractivity contribution >= 4 is 61.9 Å². The molecule has 1 aliphatic heterocycles. The quantitative estimate of drug-likeness (QED) is 0.545. The smallest absolute Gasteiger partial charge is 0.341 e. The Hall–Kier alpha value is -2.73. The van der Waals surface area contributed by atoms with E-state index in [1.807, 2.05) is 33.9 Å². The van der Waals surface area contributed by atoms with E-state index in [0.717, 1.165) is 16.6 Å². The lowest BCUT2D eigenvalue weighted by molar-refractivity contribution is -0.139. The molecular weight excluding hydrogens is 365 g/mol. The zero-order valence-corrected chi connectivity index (χ0v) is 15.7. The number of carboxylic acids is 1. The molecule has 1 heterocycles. The van der Waals surface area contributed by atoms with Gasteiger partial charge in [-0.2, -0.15) is 5.10 Å². The number of ether oxygens (including phenoxy) is 1. The molecule has 1 atom stereocenters. The molecule has 0 radical (unpaired) electrons. The molecule has 2 aromatic rings. The number of carbonyl (C=O) groups is 2. The number of anilines is 1. The van der Waals surface area contributed by atoms with Gasteiger partial charge in [0.2, 0.25) is 0 Å². The van der Waals surface area contributed by atoms with Crippen LogP contribution in [-0.4, -0.2) is 51.9 Å². The largest absolute Gasteiger partial charge is 0.481 e. The molecule has 0 fully saturated rings. The number of hydrogen-bond donors (Lipinski definition) is 1. The monoisotopic (exact) mass is 382 g/mol. The van der Waals surface area contributed by atoms with Crippen LogP contribution in [0.3, 0.4) is 0 Å². The fraction of sp³-hybridized carbons (Fsp3) is 0.167. The minimum atomic E-state index is -1.10. The number of benzene rings is 2. The fourth-order valence-corrected chi connectivity index (χ4v) is 3.21. The van der Waals surface area contributed by atoms with Gasteiger partial charge >= 0.3 is 5.97 Å². The maximum atomic E-state index is 13.0. The summed E-state index contributed by atoms with van der Waals surface area (Å²) >= 11 is 6.29. The summed E-state index contributed by atoms with van der Waals surface area (Å²) < 4.78 is 5.28. The van der Waals surface area contributed by atoms with Crippen molar-refractivity contribution in [1.29, 1.82) is 0 Å². The van der Waals surface area contributed by atoms with Crippen LogP contribution in [0.1, 0.15) is 10.4 Å². The van der Waals surface area contributed by atoms with Crippen molar-refractivity contribution < 1.29 is 19.4 Å². The van der Waals surface area contributed by atoms with Crippen molar-refractivity contribution in [2.75, 3.05) is 18.2 Å². The van der Waals surface area contributed by atoms with Gasteiger partial charge < -0.3 is 9.84 Å². The van der Waals surface area contributed by atoms with Gasteiger partial charge in [0.1, 0.15) is 21.4 Å². The third-order valence-corrected chi connectivity index (χ3v) is 4.53. The number of halogens is 1. The van der Waals surface area contributed by atoms with E-state index in [2.05, 4.69) is 5.10 Å². The Morgan fingerprint density at radius 3 is 2.63 bits per heavy atom. The molecule has 0 aliphatic carbocycles. The Kier molecular flexibility index (Phi) is 5.56. The standard InChI is InChI=1S/C18H17B2ClN2O4/c19-11-2-4-16(27-9-17(24)25)13(5-11)18(26)10-7-22-23(8-10)15-3-1-12(20)6-14(15)21/h1-7,10H,8-9,19-20H2,(H,24,25). The average Bonchev–Trinajstić information content (AvgIpc) is 3.09. The Morgan fingerprint density at radius 2 is 1.93 bits per heavy atom. The average molecular weight is 382 g/mol. The van der Waals surface area contributed by atoms with E-state index in [4.69, 9.17) is 21.4 Å². The topological polar surface area (TPSA) is 79.2 Å². The number of hydrogen-bond acceptors (Lipinski definition) is 5. The molecule has 0 spiro atoms. The molecule has 0 saturated heterocycles. The second-order valence-corrected chi connectivity index (χ2v) is 6.86. The lowest BCUT2D eigenvalue weighted by Gasteiger charge is -2.18. The van der Waals surface area contributed by atoms with E-state index >= 15 is 0 Å². The van der Waals surface area contributed by atoms with Crippen molar-refractivity contribution in [1.82, 2.24) is 0 Å². The first-order chi connectivity index (χ1) is 12.8. The first-order valence-corrected chi connectivity index (χ1v) is 8.80. The van der Waals surface area contributed by atoms with Crippen LogP contribution in [0.2, 0.25) is 5.02 Å². The van der Waals surface area contributed by atoms with E-state index in [1.165, 1.54) is 0 Å². The second-order valence-electron chi connectivity index (χ2n) is 6.45. The Labute approximate surface area is 163 Å². The summed E-state index contributed by atoms with van der Waals surface area (Å²) in [5, 5.41) is 15.4. The molecule has 1 N–H and O–H groups in total. The van der Waals surface area contributed by atoms with Gasteiger partial charge in [0.25, 0.3) is 0 Å². The number of carbonyl (C=O) groups excluding carboxylic acids is 1. The van der Waals surface area contributed by atoms with E-state index in [-0.39, 0.29) is 11.5 Å². The van der Waals surface area contributed by atoms with Gasteiger partial charge in [-0.15, -0.1) is 0 Å². The van der Waals surface area contributed by atoms with Crippen LogP contribution in [0.15, 0.2) is 41.5 Å². The number of hydrazone groups is 1. The predicted molar refractivity (Wildman–Crippen MR) is 111 cm³/mol. The molecule has 2 aromatic carbocycles. The zero-order chi connectivity index (χ0) is 19.6. The number of rotatable bonds is 6. The predicted octanol–water partition coefficient (Wildman–Crippen LogP) is -0.375. The van der Waals surface area contributed by atoms with Gasteiger partial charge in [0.05, 0.1) is 28.7 Å². The number of Topliss-reactive ketones (excluding diaryl/α,β-unsaturated/α-hetero) is 1. The van der Waals surface area contributed by atoms with Crippen LogP contribution in [0.25, 0.3) is 0 Å². The highest BCUT2D eigenvalue weighted by molar-refractivity contribution is 6.37. The van der Waals surface area contributed by atoms with Crippen LogP contribution in [0.5, 0.6) is 5.75 Å². The van der Waals surface area contributed by atoms with Crippen LogP contribution in [-0.2, 0) is 4.79 Å². The molecule has 3 rings (SSSR count). The Morgan fingerprint density at radius 1 is 1.22 bits per heavy atom. The minimum Gasteiger partial charge on any atom is -0.481 e. The molecule has 136 valence electrons. The van der Waals surface area contributed by atoms with Crippen LogP contribution in [0.4, 0.5) is 5.69 Å². The molecule has 27 heavy (non-hydrogen) atoms. The zero-order valence-electron chi connectivity index (χ0n) is 15.0. The number of aliphatic carboxylic acids is 1. The molecule has 0 bridgehead atoms.